The van der Waals surface area contributed by atoms with Crippen molar-refractivity contribution in [2.24, 2.45) is 10.9 Å². The van der Waals surface area contributed by atoms with Gasteiger partial charge in [-0.25, -0.2) is 0 Å². The quantitative estimate of drug-likeness (QED) is 0.425. The van der Waals surface area contributed by atoms with E-state index in [0.29, 0.717) is 32.8 Å². The zero-order valence-electron chi connectivity index (χ0n) is 14.1. The smallest absolute Gasteiger partial charge is 0.322 e. The molecule has 26 heavy (non-hydrogen) atoms. The Bertz CT molecular complexity index is 923. The van der Waals surface area contributed by atoms with Crippen LogP contribution in [0.25, 0.3) is 17.4 Å². The van der Waals surface area contributed by atoms with Crippen LogP contribution >= 0.6 is 23.2 Å². The minimum Gasteiger partial charge on any atom is -0.465 e. The molecule has 7 heteroatoms. The summed E-state index contributed by atoms with van der Waals surface area (Å²) in [5.74, 6) is -0.988. The molecule has 1 atom stereocenters. The van der Waals surface area contributed by atoms with E-state index >= 15 is 0 Å². The Morgan fingerprint density at radius 2 is 1.96 bits per heavy atom. The normalized spacial score (nSPS) is 18.3. The Morgan fingerprint density at radius 1 is 1.27 bits per heavy atom. The summed E-state index contributed by atoms with van der Waals surface area (Å²) in [6, 6.07) is 8.52. The highest BCUT2D eigenvalue weighted by molar-refractivity contribution is 6.35. The fourth-order valence-electron chi connectivity index (χ4n) is 2.67. The molecular formula is C19H15Cl2NO4. The van der Waals surface area contributed by atoms with Gasteiger partial charge in [0, 0.05) is 27.4 Å². The van der Waals surface area contributed by atoms with E-state index < -0.39 is 17.7 Å². The maximum Gasteiger partial charge on any atom is 0.322 e. The minimum absolute atomic E-state index is 0.158. The third-order valence-electron chi connectivity index (χ3n) is 3.80. The lowest BCUT2D eigenvalue weighted by atomic mass is 10.0. The van der Waals surface area contributed by atoms with Gasteiger partial charge >= 0.3 is 5.97 Å². The van der Waals surface area contributed by atoms with Gasteiger partial charge in [0.25, 0.3) is 0 Å². The number of aliphatic imine (C=N–C) groups is 1. The van der Waals surface area contributed by atoms with Crippen molar-refractivity contribution in [3.05, 3.63) is 51.8 Å². The highest BCUT2D eigenvalue weighted by Crippen LogP contribution is 2.30. The molecular weight excluding hydrogens is 377 g/mol. The number of carbonyl (C=O) groups excluding carboxylic acids is 2. The van der Waals surface area contributed by atoms with Gasteiger partial charge < -0.3 is 9.15 Å². The van der Waals surface area contributed by atoms with Gasteiger partial charge in [-0.2, -0.15) is 0 Å². The molecule has 0 amide bonds. The van der Waals surface area contributed by atoms with E-state index in [1.54, 1.807) is 44.2 Å². The van der Waals surface area contributed by atoms with Gasteiger partial charge in [0.05, 0.1) is 6.61 Å². The molecule has 0 saturated heterocycles. The van der Waals surface area contributed by atoms with Crippen LogP contribution in [0.3, 0.4) is 0 Å². The number of halogens is 2. The fourth-order valence-corrected chi connectivity index (χ4v) is 3.20. The van der Waals surface area contributed by atoms with Crippen LogP contribution in [0, 0.1) is 5.92 Å². The molecule has 134 valence electrons. The van der Waals surface area contributed by atoms with Gasteiger partial charge in [-0.3, -0.25) is 14.6 Å². The van der Waals surface area contributed by atoms with Crippen molar-refractivity contribution >= 4 is 46.7 Å². The molecule has 2 aromatic rings. The standard InChI is InChI=1S/C19H15Cl2NO4/c1-3-25-19(24)17-10(2)22-15(18(17)23)9-14-4-5-16(26-14)11-6-12(20)8-13(21)7-11/h4-9,17H,3H2,1-2H3/b15-9+. The zero-order valence-corrected chi connectivity index (χ0v) is 15.6. The number of benzene rings is 1. The van der Waals surface area contributed by atoms with Gasteiger partial charge in [-0.05, 0) is 44.2 Å². The molecule has 1 aromatic heterocycles. The van der Waals surface area contributed by atoms with Crippen molar-refractivity contribution in [1.82, 2.24) is 0 Å². The molecule has 3 rings (SSSR count). The first-order valence-corrected chi connectivity index (χ1v) is 8.68. The number of Topliss-reactive ketones (excluding diaryl/α,β-unsaturated/α-hetero) is 1. The summed E-state index contributed by atoms with van der Waals surface area (Å²) in [5.41, 5.74) is 1.28. The SMILES string of the molecule is CCOC(=O)C1C(=O)/C(=C\c2ccc(-c3cc(Cl)cc(Cl)c3)o2)N=C1C. The van der Waals surface area contributed by atoms with E-state index in [-0.39, 0.29) is 12.3 Å². The van der Waals surface area contributed by atoms with E-state index in [1.807, 2.05) is 0 Å². The van der Waals surface area contributed by atoms with Crippen LogP contribution in [0.4, 0.5) is 0 Å². The third kappa shape index (κ3) is 3.74. The van der Waals surface area contributed by atoms with Crippen molar-refractivity contribution in [3.63, 3.8) is 0 Å². The topological polar surface area (TPSA) is 68.9 Å². The lowest BCUT2D eigenvalue weighted by molar-refractivity contribution is -0.147. The van der Waals surface area contributed by atoms with E-state index in [2.05, 4.69) is 4.99 Å². The number of allylic oxidation sites excluding steroid dienone is 1. The van der Waals surface area contributed by atoms with Crippen molar-refractivity contribution in [2.75, 3.05) is 6.61 Å². The number of nitrogens with zero attached hydrogens (tertiary/aromatic N) is 1. The molecule has 0 radical (unpaired) electrons. The Balaban J connectivity index is 1.87. The highest BCUT2D eigenvalue weighted by atomic mass is 35.5. The maximum absolute atomic E-state index is 12.4. The summed E-state index contributed by atoms with van der Waals surface area (Å²) in [6.07, 6.45) is 1.50. The molecule has 1 aliphatic heterocycles. The van der Waals surface area contributed by atoms with Crippen LogP contribution in [0.15, 0.2) is 45.4 Å². The molecule has 5 nitrogen and oxygen atoms in total. The second-order valence-electron chi connectivity index (χ2n) is 5.69. The Kier molecular flexibility index (Phi) is 5.30. The monoisotopic (exact) mass is 391 g/mol. The Hall–Kier alpha value is -2.37. The van der Waals surface area contributed by atoms with Crippen LogP contribution in [0.1, 0.15) is 19.6 Å². The lowest BCUT2D eigenvalue weighted by Crippen LogP contribution is -2.28. The second-order valence-corrected chi connectivity index (χ2v) is 6.57. The molecule has 0 aliphatic carbocycles. The molecule has 1 aromatic carbocycles. The summed E-state index contributed by atoms with van der Waals surface area (Å²) in [5, 5.41) is 0.986. The second kappa shape index (κ2) is 7.48. The predicted octanol–water partition coefficient (Wildman–Crippen LogP) is 4.82. The van der Waals surface area contributed by atoms with E-state index in [4.69, 9.17) is 32.4 Å². The van der Waals surface area contributed by atoms with Crippen LogP contribution in [-0.2, 0) is 14.3 Å². The van der Waals surface area contributed by atoms with Crippen molar-refractivity contribution < 1.29 is 18.7 Å². The van der Waals surface area contributed by atoms with Gasteiger partial charge in [-0.1, -0.05) is 23.2 Å². The van der Waals surface area contributed by atoms with E-state index in [0.717, 1.165) is 0 Å². The van der Waals surface area contributed by atoms with Crippen LogP contribution < -0.4 is 0 Å². The first-order chi connectivity index (χ1) is 12.4. The number of rotatable bonds is 4. The fraction of sp³-hybridized carbons (Fsp3) is 0.211. The molecule has 0 spiro atoms. The summed E-state index contributed by atoms with van der Waals surface area (Å²) >= 11 is 12.0. The predicted molar refractivity (Wildman–Crippen MR) is 100 cm³/mol. The first-order valence-electron chi connectivity index (χ1n) is 7.93. The molecule has 0 bridgehead atoms. The average Bonchev–Trinajstić information content (AvgIpc) is 3.12. The summed E-state index contributed by atoms with van der Waals surface area (Å²) in [4.78, 5) is 28.5. The van der Waals surface area contributed by atoms with Crippen molar-refractivity contribution in [1.29, 1.82) is 0 Å². The summed E-state index contributed by atoms with van der Waals surface area (Å²) in [6.45, 7) is 3.52. The first kappa shape index (κ1) is 18.4. The maximum atomic E-state index is 12.4. The molecule has 0 saturated carbocycles. The molecule has 0 fully saturated rings. The number of hydrogen-bond donors (Lipinski definition) is 0. The van der Waals surface area contributed by atoms with Crippen LogP contribution in [0.2, 0.25) is 10.0 Å². The number of ether oxygens (including phenoxy) is 1. The highest BCUT2D eigenvalue weighted by Gasteiger charge is 2.38. The average molecular weight is 392 g/mol. The molecule has 0 N–H and O–H groups in total. The van der Waals surface area contributed by atoms with Gasteiger partial charge in [-0.15, -0.1) is 0 Å². The van der Waals surface area contributed by atoms with Gasteiger partial charge in [0.15, 0.2) is 5.92 Å². The van der Waals surface area contributed by atoms with E-state index in [1.165, 1.54) is 6.08 Å². The minimum atomic E-state index is -0.984. The molecule has 2 heterocycles. The number of hydrogen-bond acceptors (Lipinski definition) is 5. The molecule has 1 unspecified atom stereocenters. The largest absolute Gasteiger partial charge is 0.465 e. The van der Waals surface area contributed by atoms with Crippen LogP contribution in [-0.4, -0.2) is 24.1 Å². The third-order valence-corrected chi connectivity index (χ3v) is 4.24. The van der Waals surface area contributed by atoms with Gasteiger partial charge in [0.2, 0.25) is 5.78 Å². The number of furan rings is 1. The Labute approximate surface area is 160 Å². The number of esters is 1. The number of ketones is 1. The summed E-state index contributed by atoms with van der Waals surface area (Å²) in [7, 11) is 0. The van der Waals surface area contributed by atoms with Crippen molar-refractivity contribution in [2.45, 2.75) is 13.8 Å². The lowest BCUT2D eigenvalue weighted by Gasteiger charge is -2.06. The zero-order chi connectivity index (χ0) is 18.8. The number of carbonyl (C=O) groups is 2. The molecule has 1 aliphatic rings. The van der Waals surface area contributed by atoms with Crippen LogP contribution in [0.5, 0.6) is 0 Å². The summed E-state index contributed by atoms with van der Waals surface area (Å²) < 4.78 is 10.7. The van der Waals surface area contributed by atoms with Crippen molar-refractivity contribution in [3.8, 4) is 11.3 Å². The van der Waals surface area contributed by atoms with E-state index in [9.17, 15) is 9.59 Å². The van der Waals surface area contributed by atoms with Gasteiger partial charge in [0.1, 0.15) is 17.2 Å². The Morgan fingerprint density at radius 3 is 2.62 bits per heavy atom.